The van der Waals surface area contributed by atoms with E-state index in [-0.39, 0.29) is 11.6 Å². The molecular weight excluding hydrogens is 247 g/mol. The molecule has 104 valence electrons. The van der Waals surface area contributed by atoms with Crippen LogP contribution in [0.5, 0.6) is 5.75 Å². The quantitative estimate of drug-likeness (QED) is 0.860. The van der Waals surface area contributed by atoms with Crippen LogP contribution in [-0.2, 0) is 4.79 Å². The van der Waals surface area contributed by atoms with Crippen LogP contribution in [0.25, 0.3) is 0 Å². The lowest BCUT2D eigenvalue weighted by Gasteiger charge is -2.11. The van der Waals surface area contributed by atoms with E-state index in [1.54, 1.807) is 0 Å². The Morgan fingerprint density at radius 1 is 1.58 bits per heavy atom. The molecule has 1 saturated heterocycles. The molecule has 5 heteroatoms. The SMILES string of the molecule is COc1ccc(F)c(NC(=O)CCC2CCCN2)c1. The van der Waals surface area contributed by atoms with Gasteiger partial charge in [-0.1, -0.05) is 0 Å². The average Bonchev–Trinajstić information content (AvgIpc) is 2.92. The van der Waals surface area contributed by atoms with Crippen molar-refractivity contribution in [2.45, 2.75) is 31.7 Å². The number of carbonyl (C=O) groups is 1. The minimum atomic E-state index is -0.451. The van der Waals surface area contributed by atoms with E-state index in [0.29, 0.717) is 18.2 Å². The highest BCUT2D eigenvalue weighted by molar-refractivity contribution is 5.91. The summed E-state index contributed by atoms with van der Waals surface area (Å²) in [6.45, 7) is 1.02. The summed E-state index contributed by atoms with van der Waals surface area (Å²) >= 11 is 0. The molecule has 1 unspecified atom stereocenters. The van der Waals surface area contributed by atoms with Gasteiger partial charge < -0.3 is 15.4 Å². The molecule has 2 N–H and O–H groups in total. The van der Waals surface area contributed by atoms with Crippen molar-refractivity contribution in [1.82, 2.24) is 5.32 Å². The summed E-state index contributed by atoms with van der Waals surface area (Å²) in [5.41, 5.74) is 0.170. The molecule has 1 aromatic rings. The third kappa shape index (κ3) is 3.92. The molecule has 0 saturated carbocycles. The van der Waals surface area contributed by atoms with Crippen LogP contribution in [-0.4, -0.2) is 25.6 Å². The van der Waals surface area contributed by atoms with Crippen LogP contribution < -0.4 is 15.4 Å². The van der Waals surface area contributed by atoms with Crippen molar-refractivity contribution in [2.24, 2.45) is 0 Å². The van der Waals surface area contributed by atoms with Gasteiger partial charge in [-0.15, -0.1) is 0 Å². The lowest BCUT2D eigenvalue weighted by atomic mass is 10.1. The van der Waals surface area contributed by atoms with Crippen LogP contribution >= 0.6 is 0 Å². The molecule has 0 aromatic heterocycles. The maximum Gasteiger partial charge on any atom is 0.224 e. The van der Waals surface area contributed by atoms with Gasteiger partial charge in [0.1, 0.15) is 11.6 Å². The third-order valence-electron chi connectivity index (χ3n) is 3.33. The second-order valence-electron chi connectivity index (χ2n) is 4.73. The van der Waals surface area contributed by atoms with Crippen molar-refractivity contribution in [3.63, 3.8) is 0 Å². The van der Waals surface area contributed by atoms with Crippen molar-refractivity contribution in [3.05, 3.63) is 24.0 Å². The first kappa shape index (κ1) is 13.8. The molecule has 1 aromatic carbocycles. The summed E-state index contributed by atoms with van der Waals surface area (Å²) in [6, 6.07) is 4.71. The average molecular weight is 266 g/mol. The van der Waals surface area contributed by atoms with Gasteiger partial charge in [-0.2, -0.15) is 0 Å². The van der Waals surface area contributed by atoms with E-state index in [4.69, 9.17) is 4.74 Å². The highest BCUT2D eigenvalue weighted by Crippen LogP contribution is 2.21. The van der Waals surface area contributed by atoms with E-state index in [9.17, 15) is 9.18 Å². The second-order valence-corrected chi connectivity index (χ2v) is 4.73. The largest absolute Gasteiger partial charge is 0.497 e. The van der Waals surface area contributed by atoms with Crippen LogP contribution in [0.15, 0.2) is 18.2 Å². The lowest BCUT2D eigenvalue weighted by Crippen LogP contribution is -2.23. The van der Waals surface area contributed by atoms with Gasteiger partial charge in [0.2, 0.25) is 5.91 Å². The zero-order valence-electron chi connectivity index (χ0n) is 11.0. The molecular formula is C14H19FN2O2. The van der Waals surface area contributed by atoms with Crippen molar-refractivity contribution >= 4 is 11.6 Å². The third-order valence-corrected chi connectivity index (χ3v) is 3.33. The number of amides is 1. The van der Waals surface area contributed by atoms with Gasteiger partial charge in [0, 0.05) is 18.5 Å². The van der Waals surface area contributed by atoms with Crippen LogP contribution in [0.3, 0.4) is 0 Å². The number of anilines is 1. The lowest BCUT2D eigenvalue weighted by molar-refractivity contribution is -0.116. The highest BCUT2D eigenvalue weighted by Gasteiger charge is 2.16. The number of carbonyl (C=O) groups excluding carboxylic acids is 1. The molecule has 1 aliphatic heterocycles. The fourth-order valence-corrected chi connectivity index (χ4v) is 2.25. The number of nitrogens with one attached hydrogen (secondary N) is 2. The standard InChI is InChI=1S/C14H19FN2O2/c1-19-11-5-6-12(15)13(9-11)17-14(18)7-4-10-3-2-8-16-10/h5-6,9-10,16H,2-4,7-8H2,1H3,(H,17,18). The van der Waals surface area contributed by atoms with Gasteiger partial charge in [-0.25, -0.2) is 4.39 Å². The summed E-state index contributed by atoms with van der Waals surface area (Å²) in [4.78, 5) is 11.8. The van der Waals surface area contributed by atoms with Gasteiger partial charge in [0.25, 0.3) is 0 Å². The van der Waals surface area contributed by atoms with Gasteiger partial charge in [-0.05, 0) is 37.9 Å². The van der Waals surface area contributed by atoms with Crippen LogP contribution in [0, 0.1) is 5.82 Å². The zero-order chi connectivity index (χ0) is 13.7. The number of benzene rings is 1. The summed E-state index contributed by atoms with van der Waals surface area (Å²) in [6.07, 6.45) is 3.46. The fraction of sp³-hybridized carbons (Fsp3) is 0.500. The Morgan fingerprint density at radius 2 is 2.42 bits per heavy atom. The number of methoxy groups -OCH3 is 1. The van der Waals surface area contributed by atoms with E-state index in [0.717, 1.165) is 25.8 Å². The Labute approximate surface area is 112 Å². The molecule has 4 nitrogen and oxygen atoms in total. The number of rotatable bonds is 5. The topological polar surface area (TPSA) is 50.4 Å². The summed E-state index contributed by atoms with van der Waals surface area (Å²) in [7, 11) is 1.50. The molecule has 0 spiro atoms. The number of hydrogen-bond acceptors (Lipinski definition) is 3. The molecule has 1 atom stereocenters. The number of hydrogen-bond donors (Lipinski definition) is 2. The van der Waals surface area contributed by atoms with E-state index < -0.39 is 5.82 Å². The Kier molecular flexibility index (Phi) is 4.74. The van der Waals surface area contributed by atoms with E-state index in [1.807, 2.05) is 0 Å². The smallest absolute Gasteiger partial charge is 0.224 e. The van der Waals surface area contributed by atoms with Crippen molar-refractivity contribution < 1.29 is 13.9 Å². The van der Waals surface area contributed by atoms with Crippen molar-refractivity contribution in [1.29, 1.82) is 0 Å². The van der Waals surface area contributed by atoms with Gasteiger partial charge >= 0.3 is 0 Å². The maximum absolute atomic E-state index is 13.5. The first-order valence-corrected chi connectivity index (χ1v) is 6.56. The van der Waals surface area contributed by atoms with Gasteiger partial charge in [0.05, 0.1) is 12.8 Å². The minimum absolute atomic E-state index is 0.166. The normalized spacial score (nSPS) is 18.3. The Bertz CT molecular complexity index is 445. The maximum atomic E-state index is 13.5. The Morgan fingerprint density at radius 3 is 3.11 bits per heavy atom. The highest BCUT2D eigenvalue weighted by atomic mass is 19.1. The fourth-order valence-electron chi connectivity index (χ4n) is 2.25. The monoisotopic (exact) mass is 266 g/mol. The molecule has 1 amide bonds. The number of halogens is 1. The van der Waals surface area contributed by atoms with E-state index in [2.05, 4.69) is 10.6 Å². The number of ether oxygens (including phenoxy) is 1. The van der Waals surface area contributed by atoms with Crippen molar-refractivity contribution in [2.75, 3.05) is 19.0 Å². The van der Waals surface area contributed by atoms with Gasteiger partial charge in [0.15, 0.2) is 0 Å². The van der Waals surface area contributed by atoms with Gasteiger partial charge in [-0.3, -0.25) is 4.79 Å². The molecule has 2 rings (SSSR count). The minimum Gasteiger partial charge on any atom is -0.497 e. The molecule has 0 bridgehead atoms. The van der Waals surface area contributed by atoms with E-state index in [1.165, 1.54) is 25.3 Å². The summed E-state index contributed by atoms with van der Waals surface area (Å²) in [5, 5.41) is 5.92. The van der Waals surface area contributed by atoms with Crippen LogP contribution in [0.1, 0.15) is 25.7 Å². The molecule has 1 heterocycles. The summed E-state index contributed by atoms with van der Waals surface area (Å²) < 4.78 is 18.5. The predicted octanol–water partition coefficient (Wildman–Crippen LogP) is 2.30. The molecule has 1 aliphatic rings. The molecule has 1 fully saturated rings. The first-order chi connectivity index (χ1) is 9.19. The molecule has 19 heavy (non-hydrogen) atoms. The second kappa shape index (κ2) is 6.52. The van der Waals surface area contributed by atoms with E-state index >= 15 is 0 Å². The Balaban J connectivity index is 1.87. The zero-order valence-corrected chi connectivity index (χ0v) is 11.0. The van der Waals surface area contributed by atoms with Crippen molar-refractivity contribution in [3.8, 4) is 5.75 Å². The first-order valence-electron chi connectivity index (χ1n) is 6.56. The summed E-state index contributed by atoms with van der Waals surface area (Å²) in [5.74, 6) is -0.0943. The predicted molar refractivity (Wildman–Crippen MR) is 71.8 cm³/mol. The molecule has 0 aliphatic carbocycles. The Hall–Kier alpha value is -1.62. The van der Waals surface area contributed by atoms with Crippen LogP contribution in [0.2, 0.25) is 0 Å². The van der Waals surface area contributed by atoms with Crippen LogP contribution in [0.4, 0.5) is 10.1 Å². The molecule has 0 radical (unpaired) electrons.